The molecular formula is C40H50N4S2+2. The Morgan fingerprint density at radius 2 is 1.37 bits per heavy atom. The minimum Gasteiger partial charge on any atom is -0.378 e. The van der Waals surface area contributed by atoms with Crippen LogP contribution in [-0.4, -0.2) is 52.5 Å². The summed E-state index contributed by atoms with van der Waals surface area (Å²) in [5.74, 6) is 2.19. The van der Waals surface area contributed by atoms with Gasteiger partial charge in [-0.15, -0.1) is 0 Å². The Labute approximate surface area is 285 Å². The van der Waals surface area contributed by atoms with Crippen LogP contribution in [0, 0.1) is 0 Å². The van der Waals surface area contributed by atoms with Crippen molar-refractivity contribution >= 4 is 56.9 Å². The van der Waals surface area contributed by atoms with E-state index in [1.165, 1.54) is 75.2 Å². The fourth-order valence-electron chi connectivity index (χ4n) is 6.20. The molecule has 6 heteroatoms. The molecule has 0 saturated carbocycles. The molecule has 0 saturated heterocycles. The van der Waals surface area contributed by atoms with Crippen molar-refractivity contribution in [3.8, 4) is 0 Å². The maximum atomic E-state index is 4.15. The number of allylic oxidation sites excluding steroid dienone is 5. The van der Waals surface area contributed by atoms with Gasteiger partial charge < -0.3 is 9.80 Å². The Kier molecular flexibility index (Phi) is 12.4. The van der Waals surface area contributed by atoms with Gasteiger partial charge in [-0.1, -0.05) is 70.7 Å². The van der Waals surface area contributed by atoms with Crippen molar-refractivity contribution < 1.29 is 9.56 Å². The number of rotatable bonds is 13. The summed E-state index contributed by atoms with van der Waals surface area (Å²) in [5, 5.41) is 0. The molecule has 0 radical (unpaired) electrons. The number of fused-ring (bicyclic) bond motifs is 1. The maximum Gasteiger partial charge on any atom is 0.172 e. The van der Waals surface area contributed by atoms with Crippen molar-refractivity contribution in [2.75, 3.05) is 56.0 Å². The van der Waals surface area contributed by atoms with Crippen LogP contribution in [0.5, 0.6) is 0 Å². The average molecular weight is 651 g/mol. The highest BCUT2D eigenvalue weighted by atomic mass is 33.1. The van der Waals surface area contributed by atoms with Gasteiger partial charge in [0.15, 0.2) is 31.7 Å². The predicted octanol–water partition coefficient (Wildman–Crippen LogP) is 7.27. The van der Waals surface area contributed by atoms with Crippen LogP contribution < -0.4 is 19.4 Å². The Morgan fingerprint density at radius 1 is 0.761 bits per heavy atom. The SMILES string of the molecule is C=CC1=C(C=[NH+]CCSSCC[n+]2ccc3c(c2)CCC/C3=C\c2ccc(N(C)C)cc2)CCC/C1=C\c1ccc(N(C)C)cc1. The zero-order valence-corrected chi connectivity index (χ0v) is 29.7. The smallest absolute Gasteiger partial charge is 0.172 e. The molecule has 0 spiro atoms. The van der Waals surface area contributed by atoms with Crippen molar-refractivity contribution in [3.63, 3.8) is 0 Å². The van der Waals surface area contributed by atoms with Gasteiger partial charge in [0.05, 0.1) is 11.5 Å². The van der Waals surface area contributed by atoms with Crippen LogP contribution in [0.1, 0.15) is 54.4 Å². The molecule has 3 aromatic rings. The molecular weight excluding hydrogens is 601 g/mol. The second kappa shape index (κ2) is 16.9. The summed E-state index contributed by atoms with van der Waals surface area (Å²) >= 11 is 0. The first-order valence-electron chi connectivity index (χ1n) is 16.6. The van der Waals surface area contributed by atoms with Crippen molar-refractivity contribution in [1.29, 1.82) is 0 Å². The molecule has 0 unspecified atom stereocenters. The van der Waals surface area contributed by atoms with E-state index in [0.29, 0.717) is 0 Å². The molecule has 2 aliphatic rings. The molecule has 4 nitrogen and oxygen atoms in total. The van der Waals surface area contributed by atoms with Gasteiger partial charge in [0.1, 0.15) is 0 Å². The van der Waals surface area contributed by atoms with Gasteiger partial charge in [-0.2, -0.15) is 0 Å². The molecule has 240 valence electrons. The molecule has 1 N–H and O–H groups in total. The topological polar surface area (TPSA) is 24.3 Å². The zero-order chi connectivity index (χ0) is 32.3. The maximum absolute atomic E-state index is 4.15. The molecule has 5 rings (SSSR count). The van der Waals surface area contributed by atoms with Crippen molar-refractivity contribution in [2.45, 2.75) is 45.1 Å². The number of pyridine rings is 1. The summed E-state index contributed by atoms with van der Waals surface area (Å²) in [6.45, 7) is 6.16. The third-order valence-electron chi connectivity index (χ3n) is 8.75. The quantitative estimate of drug-likeness (QED) is 0.0911. The number of aromatic nitrogens is 1. The molecule has 1 aromatic heterocycles. The highest BCUT2D eigenvalue weighted by molar-refractivity contribution is 8.76. The lowest BCUT2D eigenvalue weighted by Crippen LogP contribution is -2.70. The first-order valence-corrected chi connectivity index (χ1v) is 19.1. The van der Waals surface area contributed by atoms with E-state index in [1.807, 2.05) is 27.7 Å². The van der Waals surface area contributed by atoms with Crippen LogP contribution in [0.25, 0.3) is 17.7 Å². The number of aryl methyl sites for hydroxylation is 2. The van der Waals surface area contributed by atoms with Crippen molar-refractivity contribution in [1.82, 2.24) is 0 Å². The van der Waals surface area contributed by atoms with Crippen LogP contribution in [-0.2, 0) is 13.0 Å². The number of hydrogen-bond acceptors (Lipinski definition) is 4. The molecule has 1 heterocycles. The lowest BCUT2D eigenvalue weighted by molar-refractivity contribution is -0.692. The fourth-order valence-corrected chi connectivity index (χ4v) is 8.10. The first kappa shape index (κ1) is 33.9. The van der Waals surface area contributed by atoms with E-state index in [0.717, 1.165) is 43.9 Å². The largest absolute Gasteiger partial charge is 0.378 e. The van der Waals surface area contributed by atoms with E-state index < -0.39 is 0 Å². The summed E-state index contributed by atoms with van der Waals surface area (Å²) in [4.78, 5) is 7.87. The van der Waals surface area contributed by atoms with E-state index >= 15 is 0 Å². The van der Waals surface area contributed by atoms with E-state index in [4.69, 9.17) is 0 Å². The summed E-state index contributed by atoms with van der Waals surface area (Å²) in [5.41, 5.74) is 13.4. The van der Waals surface area contributed by atoms with Crippen LogP contribution in [0.15, 0.2) is 96.4 Å². The number of hydrogen-bond donors (Lipinski definition) is 1. The lowest BCUT2D eigenvalue weighted by Gasteiger charge is -2.18. The van der Waals surface area contributed by atoms with Gasteiger partial charge in [-0.25, -0.2) is 9.56 Å². The van der Waals surface area contributed by atoms with Crippen molar-refractivity contribution in [3.05, 3.63) is 119 Å². The number of benzene rings is 2. The summed E-state index contributed by atoms with van der Waals surface area (Å²) in [6.07, 6.45) is 20.6. The summed E-state index contributed by atoms with van der Waals surface area (Å²) in [7, 11) is 12.3. The second-order valence-electron chi connectivity index (χ2n) is 12.5. The third-order valence-corrected chi connectivity index (χ3v) is 11.1. The molecule has 0 bridgehead atoms. The number of nitrogens with one attached hydrogen (secondary N) is 1. The van der Waals surface area contributed by atoms with Crippen LogP contribution >= 0.6 is 21.6 Å². The molecule has 2 aliphatic carbocycles. The number of nitrogens with zero attached hydrogens (tertiary/aromatic N) is 3. The predicted molar refractivity (Wildman–Crippen MR) is 205 cm³/mol. The molecule has 0 atom stereocenters. The Balaban J connectivity index is 1.08. The van der Waals surface area contributed by atoms with Crippen LogP contribution in [0.3, 0.4) is 0 Å². The normalized spacial score (nSPS) is 16.7. The van der Waals surface area contributed by atoms with Gasteiger partial charge in [-0.05, 0) is 96.2 Å². The Hall–Kier alpha value is -3.48. The van der Waals surface area contributed by atoms with E-state index in [1.54, 1.807) is 0 Å². The average Bonchev–Trinajstić information content (AvgIpc) is 3.06. The minimum atomic E-state index is 0.968. The fraction of sp³-hybridized carbons (Fsp3) is 0.350. The number of anilines is 2. The van der Waals surface area contributed by atoms with Gasteiger partial charge >= 0.3 is 0 Å². The van der Waals surface area contributed by atoms with E-state index in [-0.39, 0.29) is 0 Å². The van der Waals surface area contributed by atoms with Crippen molar-refractivity contribution in [2.24, 2.45) is 0 Å². The van der Waals surface area contributed by atoms with Gasteiger partial charge in [-0.3, -0.25) is 0 Å². The molecule has 0 fully saturated rings. The lowest BCUT2D eigenvalue weighted by atomic mass is 9.86. The van der Waals surface area contributed by atoms with Gasteiger partial charge in [0, 0.05) is 56.8 Å². The third kappa shape index (κ3) is 9.29. The summed E-state index contributed by atoms with van der Waals surface area (Å²) in [6, 6.07) is 20.0. The minimum absolute atomic E-state index is 0.968. The molecule has 2 aromatic carbocycles. The van der Waals surface area contributed by atoms with Crippen LogP contribution in [0.4, 0.5) is 11.4 Å². The van der Waals surface area contributed by atoms with Crippen LogP contribution in [0.2, 0.25) is 0 Å². The van der Waals surface area contributed by atoms with Gasteiger partial charge in [0.25, 0.3) is 0 Å². The summed E-state index contributed by atoms with van der Waals surface area (Å²) < 4.78 is 2.38. The monoisotopic (exact) mass is 650 g/mol. The standard InChI is InChI=1S/C40H49N4S2/c1-6-39-33(27-31-13-17-37(18-14-31)42(2)3)9-7-11-35(39)29-41-22-25-45-46-26-24-44-23-21-40-34(10-8-12-36(40)30-44)28-32-15-19-38(20-16-32)43(4)5/h6,13-21,23,27-30H,1,7-12,22,24-26H2,2-5H3/q+1/p+1/b33-27+,41-29?. The Morgan fingerprint density at radius 3 is 2.02 bits per heavy atom. The highest BCUT2D eigenvalue weighted by Gasteiger charge is 2.18. The van der Waals surface area contributed by atoms with E-state index in [2.05, 4.69) is 139 Å². The van der Waals surface area contributed by atoms with Gasteiger partial charge in [0.2, 0.25) is 0 Å². The molecule has 0 aliphatic heterocycles. The highest BCUT2D eigenvalue weighted by Crippen LogP contribution is 2.33. The molecule has 46 heavy (non-hydrogen) atoms. The zero-order valence-electron chi connectivity index (χ0n) is 28.1. The second-order valence-corrected chi connectivity index (χ2v) is 15.2. The first-order chi connectivity index (χ1) is 22.4. The Bertz CT molecular complexity index is 1600. The van der Waals surface area contributed by atoms with E-state index in [9.17, 15) is 0 Å². The molecule has 0 amide bonds.